The third kappa shape index (κ3) is 5.30. The number of carboxylic acids is 1. The van der Waals surface area contributed by atoms with Gasteiger partial charge in [-0.1, -0.05) is 19.9 Å². The molecule has 0 aliphatic rings. The van der Waals surface area contributed by atoms with Gasteiger partial charge in [-0.2, -0.15) is 0 Å². The van der Waals surface area contributed by atoms with E-state index in [1.165, 1.54) is 0 Å². The molecule has 21 heavy (non-hydrogen) atoms. The van der Waals surface area contributed by atoms with Crippen LogP contribution >= 0.6 is 0 Å². The van der Waals surface area contributed by atoms with Crippen LogP contribution in [0.15, 0.2) is 24.3 Å². The predicted molar refractivity (Wildman–Crippen MR) is 79.4 cm³/mol. The molecule has 1 aromatic rings. The summed E-state index contributed by atoms with van der Waals surface area (Å²) in [7, 11) is 0. The zero-order valence-electron chi connectivity index (χ0n) is 12.5. The van der Waals surface area contributed by atoms with E-state index in [0.29, 0.717) is 29.2 Å². The van der Waals surface area contributed by atoms with Crippen LogP contribution in [0.1, 0.15) is 39.2 Å². The third-order valence-electron chi connectivity index (χ3n) is 2.71. The smallest absolute Gasteiger partial charge is 0.328 e. The first-order valence-corrected chi connectivity index (χ1v) is 6.87. The standard InChI is InChI=1S/C16H20O5/c1-4-8-20-14-10-12(11(3)9-15(17)18)6-7-13(14)21-16(19)5-2/h6-7,9-10H,4-5,8H2,1-3H3,(H,17,18). The summed E-state index contributed by atoms with van der Waals surface area (Å²) in [5.41, 5.74) is 1.30. The van der Waals surface area contributed by atoms with Crippen molar-refractivity contribution in [3.63, 3.8) is 0 Å². The average molecular weight is 292 g/mol. The zero-order chi connectivity index (χ0) is 15.8. The van der Waals surface area contributed by atoms with Crippen molar-refractivity contribution < 1.29 is 24.2 Å². The number of allylic oxidation sites excluding steroid dienone is 1. The first kappa shape index (κ1) is 16.8. The van der Waals surface area contributed by atoms with Crippen molar-refractivity contribution in [3.8, 4) is 11.5 Å². The summed E-state index contributed by atoms with van der Waals surface area (Å²) in [6, 6.07) is 5.00. The van der Waals surface area contributed by atoms with Gasteiger partial charge in [-0.05, 0) is 36.6 Å². The molecule has 1 rings (SSSR count). The van der Waals surface area contributed by atoms with Crippen LogP contribution in [0.3, 0.4) is 0 Å². The lowest BCUT2D eigenvalue weighted by atomic mass is 10.1. The van der Waals surface area contributed by atoms with E-state index in [-0.39, 0.29) is 12.4 Å². The zero-order valence-corrected chi connectivity index (χ0v) is 12.5. The number of ether oxygens (including phenoxy) is 2. The highest BCUT2D eigenvalue weighted by atomic mass is 16.6. The van der Waals surface area contributed by atoms with Gasteiger partial charge in [-0.3, -0.25) is 4.79 Å². The Kier molecular flexibility index (Phi) is 6.46. The fraction of sp³-hybridized carbons (Fsp3) is 0.375. The molecule has 0 aliphatic carbocycles. The van der Waals surface area contributed by atoms with Crippen molar-refractivity contribution in [2.45, 2.75) is 33.6 Å². The number of esters is 1. The monoisotopic (exact) mass is 292 g/mol. The lowest BCUT2D eigenvalue weighted by Gasteiger charge is -2.12. The van der Waals surface area contributed by atoms with E-state index in [1.54, 1.807) is 32.0 Å². The lowest BCUT2D eigenvalue weighted by Crippen LogP contribution is -2.08. The second kappa shape index (κ2) is 8.09. The fourth-order valence-electron chi connectivity index (χ4n) is 1.63. The number of benzene rings is 1. The second-order valence-corrected chi connectivity index (χ2v) is 4.50. The van der Waals surface area contributed by atoms with Gasteiger partial charge in [0.25, 0.3) is 0 Å². The molecule has 0 fully saturated rings. The van der Waals surface area contributed by atoms with Crippen LogP contribution in [0.2, 0.25) is 0 Å². The van der Waals surface area contributed by atoms with Crippen LogP contribution < -0.4 is 9.47 Å². The Labute approximate surface area is 124 Å². The molecule has 5 nitrogen and oxygen atoms in total. The number of carbonyl (C=O) groups excluding carboxylic acids is 1. The Morgan fingerprint density at radius 1 is 1.24 bits per heavy atom. The largest absolute Gasteiger partial charge is 0.490 e. The first-order valence-electron chi connectivity index (χ1n) is 6.87. The number of aliphatic carboxylic acids is 1. The molecule has 0 spiro atoms. The van der Waals surface area contributed by atoms with Gasteiger partial charge in [0.1, 0.15) is 0 Å². The van der Waals surface area contributed by atoms with E-state index in [4.69, 9.17) is 14.6 Å². The topological polar surface area (TPSA) is 72.8 Å². The number of hydrogen-bond donors (Lipinski definition) is 1. The molecule has 1 aromatic carbocycles. The van der Waals surface area contributed by atoms with Crippen molar-refractivity contribution in [1.82, 2.24) is 0 Å². The SMILES string of the molecule is CCCOc1cc(C(C)=CC(=O)O)ccc1OC(=O)CC. The molecule has 0 atom stereocenters. The van der Waals surface area contributed by atoms with Crippen LogP contribution in [0.5, 0.6) is 11.5 Å². The Morgan fingerprint density at radius 3 is 2.52 bits per heavy atom. The van der Waals surface area contributed by atoms with Crippen LogP contribution in [0, 0.1) is 0 Å². The highest BCUT2D eigenvalue weighted by Gasteiger charge is 2.11. The van der Waals surface area contributed by atoms with Crippen molar-refractivity contribution in [1.29, 1.82) is 0 Å². The molecule has 114 valence electrons. The maximum atomic E-state index is 11.4. The molecule has 0 unspecified atom stereocenters. The van der Waals surface area contributed by atoms with Crippen LogP contribution in [0.25, 0.3) is 5.57 Å². The minimum Gasteiger partial charge on any atom is -0.490 e. The Hall–Kier alpha value is -2.30. The number of carbonyl (C=O) groups is 2. The predicted octanol–water partition coefficient (Wildman–Crippen LogP) is 3.28. The van der Waals surface area contributed by atoms with Gasteiger partial charge >= 0.3 is 11.9 Å². The summed E-state index contributed by atoms with van der Waals surface area (Å²) in [5, 5.41) is 8.78. The summed E-state index contributed by atoms with van der Waals surface area (Å²) in [6.45, 7) is 5.87. The highest BCUT2D eigenvalue weighted by Crippen LogP contribution is 2.31. The Balaban J connectivity index is 3.11. The minimum atomic E-state index is -1.01. The van der Waals surface area contributed by atoms with Crippen LogP contribution in [-0.2, 0) is 9.59 Å². The molecule has 0 saturated heterocycles. The van der Waals surface area contributed by atoms with Crippen molar-refractivity contribution in [2.24, 2.45) is 0 Å². The van der Waals surface area contributed by atoms with Crippen LogP contribution in [0.4, 0.5) is 0 Å². The molecular weight excluding hydrogens is 272 g/mol. The van der Waals surface area contributed by atoms with E-state index in [9.17, 15) is 9.59 Å². The van der Waals surface area contributed by atoms with Crippen LogP contribution in [-0.4, -0.2) is 23.7 Å². The van der Waals surface area contributed by atoms with Crippen molar-refractivity contribution in [2.75, 3.05) is 6.61 Å². The molecule has 0 radical (unpaired) electrons. The minimum absolute atomic E-state index is 0.271. The number of carboxylic acid groups (broad SMARTS) is 1. The molecular formula is C16H20O5. The maximum Gasteiger partial charge on any atom is 0.328 e. The third-order valence-corrected chi connectivity index (χ3v) is 2.71. The highest BCUT2D eigenvalue weighted by molar-refractivity contribution is 5.89. The molecule has 0 saturated carbocycles. The van der Waals surface area contributed by atoms with Gasteiger partial charge in [-0.25, -0.2) is 4.79 Å². The summed E-state index contributed by atoms with van der Waals surface area (Å²) in [5.74, 6) is -0.566. The van der Waals surface area contributed by atoms with Gasteiger partial charge in [0.05, 0.1) is 6.61 Å². The maximum absolute atomic E-state index is 11.4. The molecule has 5 heteroatoms. The summed E-state index contributed by atoms with van der Waals surface area (Å²) >= 11 is 0. The normalized spacial score (nSPS) is 11.1. The van der Waals surface area contributed by atoms with Gasteiger partial charge in [0, 0.05) is 12.5 Å². The van der Waals surface area contributed by atoms with E-state index in [2.05, 4.69) is 0 Å². The van der Waals surface area contributed by atoms with E-state index in [0.717, 1.165) is 12.5 Å². The first-order chi connectivity index (χ1) is 9.97. The molecule has 0 aromatic heterocycles. The quantitative estimate of drug-likeness (QED) is 0.474. The Bertz CT molecular complexity index is 546. The van der Waals surface area contributed by atoms with E-state index < -0.39 is 5.97 Å². The van der Waals surface area contributed by atoms with Gasteiger partial charge in [0.15, 0.2) is 11.5 Å². The number of rotatable bonds is 7. The number of hydrogen-bond acceptors (Lipinski definition) is 4. The average Bonchev–Trinajstić information content (AvgIpc) is 2.45. The molecule has 0 bridgehead atoms. The summed E-state index contributed by atoms with van der Waals surface area (Å²) < 4.78 is 10.8. The lowest BCUT2D eigenvalue weighted by molar-refractivity contribution is -0.134. The summed E-state index contributed by atoms with van der Waals surface area (Å²) in [6.07, 6.45) is 2.21. The molecule has 0 amide bonds. The Morgan fingerprint density at radius 2 is 1.95 bits per heavy atom. The summed E-state index contributed by atoms with van der Waals surface area (Å²) in [4.78, 5) is 22.1. The van der Waals surface area contributed by atoms with Gasteiger partial charge in [0.2, 0.25) is 0 Å². The molecule has 0 heterocycles. The fourth-order valence-corrected chi connectivity index (χ4v) is 1.63. The van der Waals surface area contributed by atoms with E-state index in [1.807, 2.05) is 6.92 Å². The molecule has 0 aliphatic heterocycles. The van der Waals surface area contributed by atoms with Gasteiger partial charge < -0.3 is 14.6 Å². The van der Waals surface area contributed by atoms with Crippen molar-refractivity contribution >= 4 is 17.5 Å². The van der Waals surface area contributed by atoms with Crippen molar-refractivity contribution in [3.05, 3.63) is 29.8 Å². The second-order valence-electron chi connectivity index (χ2n) is 4.50. The molecule has 1 N–H and O–H groups in total. The van der Waals surface area contributed by atoms with Gasteiger partial charge in [-0.15, -0.1) is 0 Å². The van der Waals surface area contributed by atoms with E-state index >= 15 is 0 Å².